The Hall–Kier alpha value is -2.64. The van der Waals surface area contributed by atoms with Crippen molar-refractivity contribution in [2.75, 3.05) is 23.7 Å². The van der Waals surface area contributed by atoms with Gasteiger partial charge in [0.1, 0.15) is 10.8 Å². The summed E-state index contributed by atoms with van der Waals surface area (Å²) >= 11 is 6.01. The van der Waals surface area contributed by atoms with Gasteiger partial charge in [-0.05, 0) is 18.2 Å². The Labute approximate surface area is 144 Å². The van der Waals surface area contributed by atoms with Crippen LogP contribution in [0.5, 0.6) is 11.6 Å². The second-order valence-corrected chi connectivity index (χ2v) is 5.61. The van der Waals surface area contributed by atoms with Gasteiger partial charge in [0.25, 0.3) is 5.91 Å². The molecule has 1 saturated heterocycles. The van der Waals surface area contributed by atoms with Crippen molar-refractivity contribution in [1.29, 1.82) is 0 Å². The van der Waals surface area contributed by atoms with Gasteiger partial charge in [-0.2, -0.15) is 4.98 Å². The van der Waals surface area contributed by atoms with E-state index in [1.165, 1.54) is 12.3 Å². The maximum Gasteiger partial charge on any atom is 0.250 e. The number of rotatable bonds is 5. The zero-order valence-electron chi connectivity index (χ0n) is 12.8. The van der Waals surface area contributed by atoms with Gasteiger partial charge >= 0.3 is 0 Å². The Morgan fingerprint density at radius 2 is 2.29 bits per heavy atom. The number of nitrogens with zero attached hydrogens (tertiary/aromatic N) is 3. The maximum absolute atomic E-state index is 12.2. The SMILES string of the molecule is C=CC(=O)N(c1cccc(Oc2nc(N)ncc2Cl)c1)C1CNC1. The van der Waals surface area contributed by atoms with E-state index in [9.17, 15) is 4.79 Å². The van der Waals surface area contributed by atoms with Crippen LogP contribution in [0, 0.1) is 0 Å². The molecule has 8 heteroatoms. The molecule has 0 saturated carbocycles. The summed E-state index contributed by atoms with van der Waals surface area (Å²) in [5.74, 6) is 0.549. The van der Waals surface area contributed by atoms with E-state index >= 15 is 0 Å². The number of anilines is 2. The number of halogens is 1. The Balaban J connectivity index is 1.89. The van der Waals surface area contributed by atoms with Gasteiger partial charge in [-0.25, -0.2) is 4.98 Å². The third-order valence-corrected chi connectivity index (χ3v) is 3.84. The minimum atomic E-state index is -0.164. The second-order valence-electron chi connectivity index (χ2n) is 5.21. The lowest BCUT2D eigenvalue weighted by molar-refractivity contribution is -0.114. The molecule has 1 amide bonds. The fourth-order valence-electron chi connectivity index (χ4n) is 2.32. The summed E-state index contributed by atoms with van der Waals surface area (Å²) in [7, 11) is 0. The molecule has 1 aromatic heterocycles. The highest BCUT2D eigenvalue weighted by atomic mass is 35.5. The molecule has 7 nitrogen and oxygen atoms in total. The molecule has 3 rings (SSSR count). The molecule has 0 bridgehead atoms. The number of hydrogen-bond donors (Lipinski definition) is 2. The number of ether oxygens (including phenoxy) is 1. The van der Waals surface area contributed by atoms with E-state index in [1.54, 1.807) is 23.1 Å². The second kappa shape index (κ2) is 6.86. The molecular weight excluding hydrogens is 330 g/mol. The highest BCUT2D eigenvalue weighted by Gasteiger charge is 2.28. The Kier molecular flexibility index (Phi) is 4.64. The molecule has 0 spiro atoms. The largest absolute Gasteiger partial charge is 0.437 e. The van der Waals surface area contributed by atoms with Gasteiger partial charge in [-0.3, -0.25) is 4.79 Å². The molecule has 0 atom stereocenters. The Morgan fingerprint density at radius 1 is 1.50 bits per heavy atom. The monoisotopic (exact) mass is 345 g/mol. The summed E-state index contributed by atoms with van der Waals surface area (Å²) in [4.78, 5) is 21.6. The summed E-state index contributed by atoms with van der Waals surface area (Å²) < 4.78 is 5.68. The molecule has 24 heavy (non-hydrogen) atoms. The summed E-state index contributed by atoms with van der Waals surface area (Å²) in [5, 5.41) is 3.40. The molecular formula is C16H16ClN5O2. The van der Waals surface area contributed by atoms with Crippen LogP contribution in [0.1, 0.15) is 0 Å². The van der Waals surface area contributed by atoms with E-state index < -0.39 is 0 Å². The van der Waals surface area contributed by atoms with Gasteiger partial charge in [-0.1, -0.05) is 24.2 Å². The molecule has 1 fully saturated rings. The van der Waals surface area contributed by atoms with Crippen molar-refractivity contribution >= 4 is 29.1 Å². The molecule has 124 valence electrons. The number of nitrogen functional groups attached to an aromatic ring is 1. The highest BCUT2D eigenvalue weighted by molar-refractivity contribution is 6.31. The number of benzene rings is 1. The van der Waals surface area contributed by atoms with E-state index in [2.05, 4.69) is 21.9 Å². The number of aromatic nitrogens is 2. The van der Waals surface area contributed by atoms with Crippen molar-refractivity contribution in [3.8, 4) is 11.6 Å². The van der Waals surface area contributed by atoms with Crippen molar-refractivity contribution in [3.63, 3.8) is 0 Å². The topological polar surface area (TPSA) is 93.4 Å². The zero-order valence-corrected chi connectivity index (χ0v) is 13.5. The van der Waals surface area contributed by atoms with Crippen molar-refractivity contribution in [1.82, 2.24) is 15.3 Å². The van der Waals surface area contributed by atoms with Crippen molar-refractivity contribution in [2.24, 2.45) is 0 Å². The van der Waals surface area contributed by atoms with E-state index in [-0.39, 0.29) is 28.8 Å². The molecule has 1 aliphatic heterocycles. The predicted molar refractivity (Wildman–Crippen MR) is 92.3 cm³/mol. The fourth-order valence-corrected chi connectivity index (χ4v) is 2.45. The average Bonchev–Trinajstić information content (AvgIpc) is 2.53. The Bertz CT molecular complexity index is 779. The number of hydrogen-bond acceptors (Lipinski definition) is 6. The molecule has 1 aromatic carbocycles. The summed E-state index contributed by atoms with van der Waals surface area (Å²) in [6.45, 7) is 5.04. The number of nitrogens with one attached hydrogen (secondary N) is 1. The molecule has 1 aliphatic rings. The first-order valence-electron chi connectivity index (χ1n) is 7.31. The minimum absolute atomic E-state index is 0.0644. The molecule has 2 heterocycles. The summed E-state index contributed by atoms with van der Waals surface area (Å²) in [5.41, 5.74) is 6.26. The van der Waals surface area contributed by atoms with Gasteiger partial charge < -0.3 is 20.7 Å². The lowest BCUT2D eigenvalue weighted by Crippen LogP contribution is -2.59. The predicted octanol–water partition coefficient (Wildman–Crippen LogP) is 2.00. The number of carbonyl (C=O) groups excluding carboxylic acids is 1. The number of nitrogens with two attached hydrogens (primary N) is 1. The van der Waals surface area contributed by atoms with Crippen LogP contribution in [0.3, 0.4) is 0 Å². The van der Waals surface area contributed by atoms with Crippen LogP contribution >= 0.6 is 11.6 Å². The first-order chi connectivity index (χ1) is 11.6. The normalized spacial score (nSPS) is 13.9. The van der Waals surface area contributed by atoms with Crippen LogP contribution in [0.15, 0.2) is 43.1 Å². The highest BCUT2D eigenvalue weighted by Crippen LogP contribution is 2.30. The smallest absolute Gasteiger partial charge is 0.250 e. The standard InChI is InChI=1S/C16H16ClN5O2/c1-2-14(23)22(11-7-19-8-11)10-4-3-5-12(6-10)24-15-13(17)9-20-16(18)21-15/h2-6,9,11,19H,1,7-8H2,(H2,18,20,21). The first kappa shape index (κ1) is 16.2. The minimum Gasteiger partial charge on any atom is -0.437 e. The molecule has 0 unspecified atom stereocenters. The number of amides is 1. The van der Waals surface area contributed by atoms with Gasteiger partial charge in [-0.15, -0.1) is 0 Å². The van der Waals surface area contributed by atoms with Crippen LogP contribution in [0.2, 0.25) is 5.02 Å². The van der Waals surface area contributed by atoms with Crippen molar-refractivity contribution < 1.29 is 9.53 Å². The lowest BCUT2D eigenvalue weighted by atomic mass is 10.1. The number of carbonyl (C=O) groups is 1. The van der Waals surface area contributed by atoms with Gasteiger partial charge in [0.15, 0.2) is 0 Å². The van der Waals surface area contributed by atoms with Crippen LogP contribution in [0.4, 0.5) is 11.6 Å². The summed E-state index contributed by atoms with van der Waals surface area (Å²) in [6, 6.07) is 7.20. The van der Waals surface area contributed by atoms with E-state index in [1.807, 2.05) is 6.07 Å². The van der Waals surface area contributed by atoms with Crippen molar-refractivity contribution in [3.05, 3.63) is 48.1 Å². The first-order valence-corrected chi connectivity index (χ1v) is 7.68. The summed E-state index contributed by atoms with van der Waals surface area (Å²) in [6.07, 6.45) is 2.67. The van der Waals surface area contributed by atoms with E-state index in [0.29, 0.717) is 11.4 Å². The maximum atomic E-state index is 12.2. The Morgan fingerprint density at radius 3 is 2.96 bits per heavy atom. The van der Waals surface area contributed by atoms with Crippen molar-refractivity contribution in [2.45, 2.75) is 6.04 Å². The third kappa shape index (κ3) is 3.32. The lowest BCUT2D eigenvalue weighted by Gasteiger charge is -2.37. The molecule has 0 radical (unpaired) electrons. The van der Waals surface area contributed by atoms with Crippen LogP contribution < -0.4 is 20.7 Å². The zero-order chi connectivity index (χ0) is 17.1. The fraction of sp³-hybridized carbons (Fsp3) is 0.188. The van der Waals surface area contributed by atoms with Gasteiger partial charge in [0, 0.05) is 24.8 Å². The van der Waals surface area contributed by atoms with Gasteiger partial charge in [0.05, 0.1) is 12.2 Å². The molecule has 2 aromatic rings. The van der Waals surface area contributed by atoms with E-state index in [0.717, 1.165) is 13.1 Å². The van der Waals surface area contributed by atoms with Crippen LogP contribution in [0.25, 0.3) is 0 Å². The third-order valence-electron chi connectivity index (χ3n) is 3.58. The molecule has 0 aliphatic carbocycles. The van der Waals surface area contributed by atoms with Crippen LogP contribution in [-0.4, -0.2) is 35.0 Å². The van der Waals surface area contributed by atoms with Gasteiger partial charge in [0.2, 0.25) is 11.8 Å². The molecule has 3 N–H and O–H groups in total. The quantitative estimate of drug-likeness (QED) is 0.805. The average molecular weight is 346 g/mol. The van der Waals surface area contributed by atoms with Crippen LogP contribution in [-0.2, 0) is 4.79 Å². The van der Waals surface area contributed by atoms with E-state index in [4.69, 9.17) is 22.1 Å².